The average molecular weight is 414 g/mol. The summed E-state index contributed by atoms with van der Waals surface area (Å²) in [5.74, 6) is 2.25. The summed E-state index contributed by atoms with van der Waals surface area (Å²) in [4.78, 5) is 12.4. The first-order valence-corrected chi connectivity index (χ1v) is 10.1. The zero-order valence-electron chi connectivity index (χ0n) is 18.2. The molecule has 162 valence electrons. The normalized spacial score (nSPS) is 10.7. The summed E-state index contributed by atoms with van der Waals surface area (Å²) in [6.07, 6.45) is 7.77. The van der Waals surface area contributed by atoms with Crippen molar-refractivity contribution in [2.75, 3.05) is 33.3 Å². The van der Waals surface area contributed by atoms with Crippen LogP contribution in [0.5, 0.6) is 23.0 Å². The van der Waals surface area contributed by atoms with E-state index >= 15 is 0 Å². The summed E-state index contributed by atoms with van der Waals surface area (Å²) >= 11 is 0. The number of benzene rings is 2. The van der Waals surface area contributed by atoms with E-state index in [0.29, 0.717) is 35.3 Å². The van der Waals surface area contributed by atoms with Crippen molar-refractivity contribution in [3.05, 3.63) is 48.0 Å². The van der Waals surface area contributed by atoms with Gasteiger partial charge in [0.25, 0.3) is 0 Å². The molecule has 0 atom stereocenters. The highest BCUT2D eigenvalue weighted by Crippen LogP contribution is 2.30. The first kappa shape index (κ1) is 23.1. The van der Waals surface area contributed by atoms with Gasteiger partial charge in [0.1, 0.15) is 11.5 Å². The molecule has 0 bridgehead atoms. The van der Waals surface area contributed by atoms with E-state index in [1.54, 1.807) is 45.6 Å². The molecule has 1 amide bonds. The zero-order chi connectivity index (χ0) is 21.8. The van der Waals surface area contributed by atoms with E-state index in [1.165, 1.54) is 18.9 Å². The highest BCUT2D eigenvalue weighted by Gasteiger charge is 2.08. The van der Waals surface area contributed by atoms with Gasteiger partial charge in [-0.1, -0.05) is 32.3 Å². The van der Waals surface area contributed by atoms with Gasteiger partial charge in [-0.25, -0.2) is 0 Å². The maximum atomic E-state index is 12.4. The molecule has 0 aliphatic heterocycles. The van der Waals surface area contributed by atoms with Crippen molar-refractivity contribution < 1.29 is 23.7 Å². The van der Waals surface area contributed by atoms with Crippen molar-refractivity contribution >= 4 is 17.7 Å². The highest BCUT2D eigenvalue weighted by atomic mass is 16.5. The summed E-state index contributed by atoms with van der Waals surface area (Å²) < 4.78 is 21.7. The van der Waals surface area contributed by atoms with Crippen molar-refractivity contribution in [3.8, 4) is 23.0 Å². The van der Waals surface area contributed by atoms with Gasteiger partial charge in [0.15, 0.2) is 11.5 Å². The number of hydrogen-bond donors (Lipinski definition) is 1. The molecule has 0 aliphatic rings. The minimum Gasteiger partial charge on any atom is -0.497 e. The minimum atomic E-state index is -0.281. The molecule has 0 spiro atoms. The van der Waals surface area contributed by atoms with Crippen LogP contribution in [0.15, 0.2) is 42.5 Å². The highest BCUT2D eigenvalue weighted by molar-refractivity contribution is 6.02. The second kappa shape index (κ2) is 12.4. The Bertz CT molecular complexity index is 847. The second-order valence-electron chi connectivity index (χ2n) is 6.71. The van der Waals surface area contributed by atoms with Crippen LogP contribution in [0.2, 0.25) is 0 Å². The van der Waals surface area contributed by atoms with Crippen LogP contribution in [0.25, 0.3) is 6.08 Å². The maximum Gasteiger partial charge on any atom is 0.248 e. The number of rotatable bonds is 12. The summed E-state index contributed by atoms with van der Waals surface area (Å²) in [6, 6.07) is 10.8. The van der Waals surface area contributed by atoms with Gasteiger partial charge >= 0.3 is 0 Å². The Labute approximate surface area is 178 Å². The third-order valence-electron chi connectivity index (χ3n) is 4.53. The molecule has 0 saturated heterocycles. The molecule has 0 saturated carbocycles. The van der Waals surface area contributed by atoms with Gasteiger partial charge in [-0.3, -0.25) is 4.79 Å². The molecule has 0 radical (unpaired) electrons. The van der Waals surface area contributed by atoms with Gasteiger partial charge in [0.2, 0.25) is 5.91 Å². The van der Waals surface area contributed by atoms with E-state index < -0.39 is 0 Å². The Hall–Kier alpha value is -3.15. The topological polar surface area (TPSA) is 66.0 Å². The lowest BCUT2D eigenvalue weighted by Crippen LogP contribution is -2.09. The van der Waals surface area contributed by atoms with Gasteiger partial charge in [-0.2, -0.15) is 0 Å². The van der Waals surface area contributed by atoms with Gasteiger partial charge in [0, 0.05) is 12.1 Å². The molecule has 6 nitrogen and oxygen atoms in total. The molecule has 2 aromatic carbocycles. The van der Waals surface area contributed by atoms with Crippen LogP contribution in [0.4, 0.5) is 5.69 Å². The van der Waals surface area contributed by atoms with E-state index in [9.17, 15) is 4.79 Å². The number of anilines is 1. The van der Waals surface area contributed by atoms with Crippen molar-refractivity contribution in [1.29, 1.82) is 0 Å². The molecule has 0 unspecified atom stereocenters. The minimum absolute atomic E-state index is 0.281. The van der Waals surface area contributed by atoms with Crippen molar-refractivity contribution in [3.63, 3.8) is 0 Å². The molecule has 0 aromatic heterocycles. The molecular weight excluding hydrogens is 382 g/mol. The second-order valence-corrected chi connectivity index (χ2v) is 6.71. The van der Waals surface area contributed by atoms with Crippen LogP contribution in [-0.2, 0) is 4.79 Å². The van der Waals surface area contributed by atoms with Crippen molar-refractivity contribution in [2.45, 2.75) is 32.6 Å². The van der Waals surface area contributed by atoms with E-state index in [-0.39, 0.29) is 5.91 Å². The lowest BCUT2D eigenvalue weighted by Gasteiger charge is -2.11. The number of ether oxygens (including phenoxy) is 4. The Morgan fingerprint density at radius 3 is 2.37 bits per heavy atom. The summed E-state index contributed by atoms with van der Waals surface area (Å²) in [7, 11) is 4.72. The van der Waals surface area contributed by atoms with Gasteiger partial charge in [-0.15, -0.1) is 0 Å². The molecule has 0 fully saturated rings. The van der Waals surface area contributed by atoms with Crippen molar-refractivity contribution in [1.82, 2.24) is 0 Å². The Balaban J connectivity index is 2.00. The van der Waals surface area contributed by atoms with Gasteiger partial charge < -0.3 is 24.3 Å². The van der Waals surface area contributed by atoms with Crippen LogP contribution in [0, 0.1) is 0 Å². The van der Waals surface area contributed by atoms with Crippen LogP contribution in [0.3, 0.4) is 0 Å². The molecule has 2 aromatic rings. The molecule has 6 heteroatoms. The Morgan fingerprint density at radius 2 is 1.67 bits per heavy atom. The molecule has 1 N–H and O–H groups in total. The number of unbranched alkanes of at least 4 members (excludes halogenated alkanes) is 3. The number of amides is 1. The third-order valence-corrected chi connectivity index (χ3v) is 4.53. The standard InChI is InChI=1S/C24H31NO5/c1-5-6-7-8-15-30-22-12-9-18(16-23(22)29-4)10-14-24(26)25-20-17-19(27-2)11-13-21(20)28-3/h9-14,16-17H,5-8,15H2,1-4H3,(H,25,26)/b14-10+. The van der Waals surface area contributed by atoms with Crippen LogP contribution >= 0.6 is 0 Å². The monoisotopic (exact) mass is 413 g/mol. The first-order valence-electron chi connectivity index (χ1n) is 10.1. The van der Waals surface area contributed by atoms with Crippen LogP contribution in [-0.4, -0.2) is 33.8 Å². The molecule has 0 aliphatic carbocycles. The van der Waals surface area contributed by atoms with Crippen molar-refractivity contribution in [2.24, 2.45) is 0 Å². The summed E-state index contributed by atoms with van der Waals surface area (Å²) in [6.45, 7) is 2.85. The molecule has 30 heavy (non-hydrogen) atoms. The lowest BCUT2D eigenvalue weighted by atomic mass is 10.2. The number of nitrogens with one attached hydrogen (secondary N) is 1. The fourth-order valence-corrected chi connectivity index (χ4v) is 2.88. The Kier molecular flexibility index (Phi) is 9.58. The zero-order valence-corrected chi connectivity index (χ0v) is 18.2. The number of carbonyl (C=O) groups is 1. The molecule has 0 heterocycles. The average Bonchev–Trinajstić information content (AvgIpc) is 2.77. The molecular formula is C24H31NO5. The lowest BCUT2D eigenvalue weighted by molar-refractivity contribution is -0.111. The maximum absolute atomic E-state index is 12.4. The van der Waals surface area contributed by atoms with E-state index in [2.05, 4.69) is 12.2 Å². The SMILES string of the molecule is CCCCCCOc1ccc(/C=C/C(=O)Nc2cc(OC)ccc2OC)cc1OC. The predicted molar refractivity (Wildman–Crippen MR) is 120 cm³/mol. The van der Waals surface area contributed by atoms with E-state index in [1.807, 2.05) is 18.2 Å². The number of carbonyl (C=O) groups excluding carboxylic acids is 1. The van der Waals surface area contributed by atoms with E-state index in [4.69, 9.17) is 18.9 Å². The summed E-state index contributed by atoms with van der Waals surface area (Å²) in [5, 5.41) is 2.80. The predicted octanol–water partition coefficient (Wildman–Crippen LogP) is 5.32. The van der Waals surface area contributed by atoms with Gasteiger partial charge in [-0.05, 0) is 42.3 Å². The first-order chi connectivity index (χ1) is 14.6. The van der Waals surface area contributed by atoms with E-state index in [0.717, 1.165) is 18.4 Å². The fraction of sp³-hybridized carbons (Fsp3) is 0.375. The van der Waals surface area contributed by atoms with Crippen LogP contribution < -0.4 is 24.3 Å². The number of hydrogen-bond acceptors (Lipinski definition) is 5. The fourth-order valence-electron chi connectivity index (χ4n) is 2.88. The smallest absolute Gasteiger partial charge is 0.248 e. The van der Waals surface area contributed by atoms with Crippen LogP contribution in [0.1, 0.15) is 38.2 Å². The summed E-state index contributed by atoms with van der Waals surface area (Å²) in [5.41, 5.74) is 1.37. The largest absolute Gasteiger partial charge is 0.497 e. The number of methoxy groups -OCH3 is 3. The van der Waals surface area contributed by atoms with Gasteiger partial charge in [0.05, 0.1) is 33.6 Å². The third kappa shape index (κ3) is 7.03. The Morgan fingerprint density at radius 1 is 0.900 bits per heavy atom. The molecule has 2 rings (SSSR count). The quantitative estimate of drug-likeness (QED) is 0.377.